The number of hydrogen-bond donors (Lipinski definition) is 2. The summed E-state index contributed by atoms with van der Waals surface area (Å²) >= 11 is 0. The van der Waals surface area contributed by atoms with Crippen molar-refractivity contribution in [1.82, 2.24) is 4.90 Å². The number of carbonyl (C=O) groups is 1. The molecule has 1 aliphatic rings. The fourth-order valence-corrected chi connectivity index (χ4v) is 2.19. The summed E-state index contributed by atoms with van der Waals surface area (Å²) < 4.78 is 0. The maximum Gasteiger partial charge on any atom is 0.236 e. The number of likely N-dealkylation sites (tertiary alicyclic amines) is 1. The van der Waals surface area contributed by atoms with E-state index in [-0.39, 0.29) is 17.2 Å². The molecule has 0 aliphatic carbocycles. The molecule has 0 aromatic carbocycles. The van der Waals surface area contributed by atoms with Crippen molar-refractivity contribution in [2.45, 2.75) is 40.5 Å². The van der Waals surface area contributed by atoms with Gasteiger partial charge in [-0.15, -0.1) is 0 Å². The Kier molecular flexibility index (Phi) is 3.69. The zero-order chi connectivity index (χ0) is 13.3. The first-order valence-electron chi connectivity index (χ1n) is 6.04. The van der Waals surface area contributed by atoms with Crippen molar-refractivity contribution in [3.8, 4) is 0 Å². The Morgan fingerprint density at radius 2 is 2.18 bits per heavy atom. The average molecular weight is 241 g/mol. The molecule has 1 fully saturated rings. The number of hydrogen-bond acceptors (Lipinski definition) is 3. The van der Waals surface area contributed by atoms with E-state index in [1.54, 1.807) is 6.92 Å². The first-order chi connectivity index (χ1) is 7.77. The Morgan fingerprint density at radius 3 is 2.53 bits per heavy atom. The molecule has 5 heteroatoms. The van der Waals surface area contributed by atoms with Gasteiger partial charge in [0.2, 0.25) is 5.91 Å². The molecule has 1 heterocycles. The van der Waals surface area contributed by atoms with Gasteiger partial charge in [0.25, 0.3) is 0 Å². The SMILES string of the molecule is CCC(C)(C(=O)N1CCC(C)(C)C1)C(N)=NO. The lowest BCUT2D eigenvalue weighted by Gasteiger charge is -2.31. The highest BCUT2D eigenvalue weighted by Gasteiger charge is 2.43. The molecule has 3 N–H and O–H groups in total. The molecule has 98 valence electrons. The van der Waals surface area contributed by atoms with Gasteiger partial charge in [-0.1, -0.05) is 25.9 Å². The number of nitrogens with zero attached hydrogens (tertiary/aromatic N) is 2. The van der Waals surface area contributed by atoms with Crippen LogP contribution >= 0.6 is 0 Å². The van der Waals surface area contributed by atoms with Crippen LogP contribution in [0.3, 0.4) is 0 Å². The summed E-state index contributed by atoms with van der Waals surface area (Å²) in [7, 11) is 0. The summed E-state index contributed by atoms with van der Waals surface area (Å²) in [4.78, 5) is 14.3. The van der Waals surface area contributed by atoms with Gasteiger partial charge in [0, 0.05) is 13.1 Å². The monoisotopic (exact) mass is 241 g/mol. The fraction of sp³-hybridized carbons (Fsp3) is 0.833. The summed E-state index contributed by atoms with van der Waals surface area (Å²) in [5, 5.41) is 11.8. The Labute approximate surface area is 103 Å². The van der Waals surface area contributed by atoms with E-state index in [0.29, 0.717) is 6.42 Å². The number of amidine groups is 1. The van der Waals surface area contributed by atoms with E-state index in [0.717, 1.165) is 19.5 Å². The minimum Gasteiger partial charge on any atom is -0.409 e. The highest BCUT2D eigenvalue weighted by molar-refractivity contribution is 6.06. The molecule has 0 spiro atoms. The summed E-state index contributed by atoms with van der Waals surface area (Å²) in [6, 6.07) is 0. The van der Waals surface area contributed by atoms with Crippen LogP contribution in [0, 0.1) is 10.8 Å². The Hall–Kier alpha value is -1.26. The number of nitrogens with two attached hydrogens (primary N) is 1. The second kappa shape index (κ2) is 4.55. The molecule has 0 aromatic heterocycles. The normalized spacial score (nSPS) is 23.5. The molecule has 17 heavy (non-hydrogen) atoms. The van der Waals surface area contributed by atoms with Crippen molar-refractivity contribution in [3.05, 3.63) is 0 Å². The first-order valence-corrected chi connectivity index (χ1v) is 6.04. The number of rotatable bonds is 3. The first kappa shape index (κ1) is 13.8. The van der Waals surface area contributed by atoms with Gasteiger partial charge in [0.15, 0.2) is 5.84 Å². The van der Waals surface area contributed by atoms with Crippen molar-refractivity contribution in [3.63, 3.8) is 0 Å². The largest absolute Gasteiger partial charge is 0.409 e. The zero-order valence-electron chi connectivity index (χ0n) is 11.2. The lowest BCUT2D eigenvalue weighted by atomic mass is 9.84. The number of amides is 1. The highest BCUT2D eigenvalue weighted by atomic mass is 16.4. The minimum atomic E-state index is -0.894. The molecular formula is C12H23N3O2. The van der Waals surface area contributed by atoms with Crippen LogP contribution in [-0.4, -0.2) is 34.9 Å². The van der Waals surface area contributed by atoms with Gasteiger partial charge >= 0.3 is 0 Å². The second-order valence-electron chi connectivity index (χ2n) is 5.81. The summed E-state index contributed by atoms with van der Waals surface area (Å²) in [5.41, 5.74) is 4.92. The third-order valence-electron chi connectivity index (χ3n) is 3.82. The van der Waals surface area contributed by atoms with Gasteiger partial charge in [0.05, 0.1) is 0 Å². The van der Waals surface area contributed by atoms with E-state index in [2.05, 4.69) is 19.0 Å². The van der Waals surface area contributed by atoms with Crippen molar-refractivity contribution in [1.29, 1.82) is 0 Å². The second-order valence-corrected chi connectivity index (χ2v) is 5.81. The molecule has 1 unspecified atom stereocenters. The maximum atomic E-state index is 12.4. The average Bonchev–Trinajstić information content (AvgIpc) is 2.66. The molecule has 5 nitrogen and oxygen atoms in total. The molecule has 0 saturated carbocycles. The van der Waals surface area contributed by atoms with Crippen molar-refractivity contribution in [2.24, 2.45) is 21.7 Å². The highest BCUT2D eigenvalue weighted by Crippen LogP contribution is 2.33. The lowest BCUT2D eigenvalue weighted by molar-refractivity contribution is -0.137. The van der Waals surface area contributed by atoms with Crippen LogP contribution in [-0.2, 0) is 4.79 Å². The van der Waals surface area contributed by atoms with E-state index >= 15 is 0 Å². The molecule has 0 radical (unpaired) electrons. The van der Waals surface area contributed by atoms with E-state index in [1.165, 1.54) is 0 Å². The summed E-state index contributed by atoms with van der Waals surface area (Å²) in [6.07, 6.45) is 1.52. The van der Waals surface area contributed by atoms with Gasteiger partial charge in [-0.25, -0.2) is 0 Å². The molecule has 1 saturated heterocycles. The van der Waals surface area contributed by atoms with Crippen molar-refractivity contribution in [2.75, 3.05) is 13.1 Å². The Bertz CT molecular complexity index is 339. The molecule has 1 atom stereocenters. The molecule has 0 aromatic rings. The molecule has 1 rings (SSSR count). The van der Waals surface area contributed by atoms with Gasteiger partial charge in [-0.2, -0.15) is 0 Å². The summed E-state index contributed by atoms with van der Waals surface area (Å²) in [5.74, 6) is -0.0458. The predicted octanol–water partition coefficient (Wildman–Crippen LogP) is 1.41. The molecule has 1 aliphatic heterocycles. The van der Waals surface area contributed by atoms with E-state index < -0.39 is 5.41 Å². The van der Waals surface area contributed by atoms with E-state index in [9.17, 15) is 4.79 Å². The van der Waals surface area contributed by atoms with Gasteiger partial charge in [-0.05, 0) is 25.2 Å². The van der Waals surface area contributed by atoms with Crippen molar-refractivity contribution >= 4 is 11.7 Å². The minimum absolute atomic E-state index is 0.00490. The van der Waals surface area contributed by atoms with E-state index in [1.807, 2.05) is 11.8 Å². The van der Waals surface area contributed by atoms with Crippen LogP contribution in [0.4, 0.5) is 0 Å². The summed E-state index contributed by atoms with van der Waals surface area (Å²) in [6.45, 7) is 9.38. The van der Waals surface area contributed by atoms with Crippen LogP contribution in [0.5, 0.6) is 0 Å². The van der Waals surface area contributed by atoms with Gasteiger partial charge < -0.3 is 15.8 Å². The Morgan fingerprint density at radius 1 is 1.59 bits per heavy atom. The third-order valence-corrected chi connectivity index (χ3v) is 3.82. The van der Waals surface area contributed by atoms with Crippen LogP contribution in [0.2, 0.25) is 0 Å². The van der Waals surface area contributed by atoms with Crippen molar-refractivity contribution < 1.29 is 10.0 Å². The lowest BCUT2D eigenvalue weighted by Crippen LogP contribution is -2.49. The quantitative estimate of drug-likeness (QED) is 0.339. The Balaban J connectivity index is 2.89. The topological polar surface area (TPSA) is 78.9 Å². The van der Waals surface area contributed by atoms with Gasteiger partial charge in [0.1, 0.15) is 5.41 Å². The molecule has 1 amide bonds. The standard InChI is InChI=1S/C12H23N3O2/c1-5-12(4,9(13)14-17)10(16)15-7-6-11(2,3)8-15/h17H,5-8H2,1-4H3,(H2,13,14). The van der Waals surface area contributed by atoms with Crippen LogP contribution in [0.25, 0.3) is 0 Å². The molecular weight excluding hydrogens is 218 g/mol. The van der Waals surface area contributed by atoms with Gasteiger partial charge in [-0.3, -0.25) is 4.79 Å². The van der Waals surface area contributed by atoms with Crippen LogP contribution in [0.15, 0.2) is 5.16 Å². The fourth-order valence-electron chi connectivity index (χ4n) is 2.19. The smallest absolute Gasteiger partial charge is 0.236 e. The van der Waals surface area contributed by atoms with E-state index in [4.69, 9.17) is 10.9 Å². The molecule has 0 bridgehead atoms. The third kappa shape index (κ3) is 2.53. The zero-order valence-corrected chi connectivity index (χ0v) is 11.2. The number of oxime groups is 1. The van der Waals surface area contributed by atoms with Crippen LogP contribution < -0.4 is 5.73 Å². The van der Waals surface area contributed by atoms with Crippen LogP contribution in [0.1, 0.15) is 40.5 Å². The number of carbonyl (C=O) groups excluding carboxylic acids is 1. The predicted molar refractivity (Wildman–Crippen MR) is 66.8 cm³/mol. The maximum absolute atomic E-state index is 12.4.